The van der Waals surface area contributed by atoms with Gasteiger partial charge in [-0.25, -0.2) is 45.8 Å². The van der Waals surface area contributed by atoms with Gasteiger partial charge in [0.15, 0.2) is 10.3 Å². The Labute approximate surface area is 402 Å². The number of piperazine rings is 2. The summed E-state index contributed by atoms with van der Waals surface area (Å²) in [6.45, 7) is 23.9. The summed E-state index contributed by atoms with van der Waals surface area (Å²) in [5.41, 5.74) is 6.41. The topological polar surface area (TPSA) is 239 Å². The minimum Gasteiger partial charge on any atom is -0.447 e. The minimum atomic E-state index is -3.89. The molecule has 0 spiro atoms. The zero-order valence-corrected chi connectivity index (χ0v) is 43.3. The molecule has 4 heterocycles. The third-order valence-electron chi connectivity index (χ3n) is 9.58. The first-order valence-corrected chi connectivity index (χ1v) is 26.4. The van der Waals surface area contributed by atoms with Gasteiger partial charge in [-0.05, 0) is 93.5 Å². The van der Waals surface area contributed by atoms with E-state index < -0.39 is 31.1 Å². The number of ether oxygens (including phenoxy) is 2. The molecule has 2 fully saturated rings. The van der Waals surface area contributed by atoms with Crippen LogP contribution in [0.4, 0.5) is 31.2 Å². The first kappa shape index (κ1) is 52.9. The summed E-state index contributed by atoms with van der Waals surface area (Å²) in [6, 6.07) is 9.68. The van der Waals surface area contributed by atoms with Gasteiger partial charge >= 0.3 is 12.2 Å². The van der Waals surface area contributed by atoms with Crippen LogP contribution in [0.2, 0.25) is 0 Å². The van der Waals surface area contributed by atoms with Crippen molar-refractivity contribution >= 4 is 82.5 Å². The number of hydrogen-bond donors (Lipinski definition) is 4. The summed E-state index contributed by atoms with van der Waals surface area (Å²) in [6.07, 6.45) is 2.39. The molecule has 2 aromatic carbocycles. The Morgan fingerprint density at radius 3 is 1.40 bits per heavy atom. The van der Waals surface area contributed by atoms with E-state index in [9.17, 15) is 31.2 Å². The number of benzene rings is 2. The molecule has 2 saturated heterocycles. The molecule has 67 heavy (non-hydrogen) atoms. The highest BCUT2D eigenvalue weighted by atomic mass is 32.2. The molecule has 5 N–H and O–H groups in total. The first-order chi connectivity index (χ1) is 31.1. The molecule has 0 saturated carbocycles. The molecule has 4 aromatic rings. The number of anilines is 4. The number of amides is 3. The van der Waals surface area contributed by atoms with E-state index in [-0.39, 0.29) is 40.1 Å². The van der Waals surface area contributed by atoms with Crippen molar-refractivity contribution in [2.75, 3.05) is 73.2 Å². The van der Waals surface area contributed by atoms with Crippen LogP contribution in [0.15, 0.2) is 58.6 Å². The van der Waals surface area contributed by atoms with Crippen molar-refractivity contribution in [1.29, 1.82) is 0 Å². The van der Waals surface area contributed by atoms with Crippen LogP contribution >= 0.6 is 22.7 Å². The number of aromatic nitrogens is 2. The maximum absolute atomic E-state index is 13.3. The smallest absolute Gasteiger partial charge is 0.410 e. The fraction of sp³-hybridized carbons (Fsp3) is 0.523. The van der Waals surface area contributed by atoms with Gasteiger partial charge in [0.05, 0.1) is 31.8 Å². The van der Waals surface area contributed by atoms with Crippen molar-refractivity contribution < 1.29 is 40.7 Å². The lowest BCUT2D eigenvalue weighted by Crippen LogP contribution is -2.49. The summed E-state index contributed by atoms with van der Waals surface area (Å²) in [5, 5.41) is 4.17. The Morgan fingerprint density at radius 2 is 1.03 bits per heavy atom. The van der Waals surface area contributed by atoms with Crippen molar-refractivity contribution in [2.24, 2.45) is 0 Å². The average Bonchev–Trinajstić information content (AvgIpc) is 3.90. The van der Waals surface area contributed by atoms with Crippen LogP contribution in [0.5, 0.6) is 0 Å². The Bertz CT molecular complexity index is 2600. The van der Waals surface area contributed by atoms with Gasteiger partial charge in [0.2, 0.25) is 26.0 Å². The molecule has 2 aliphatic rings. The lowest BCUT2D eigenvalue weighted by atomic mass is 10.1. The van der Waals surface area contributed by atoms with Gasteiger partial charge in [-0.3, -0.25) is 4.79 Å². The average molecular weight is 1010 g/mol. The molecule has 19 nitrogen and oxygen atoms in total. The van der Waals surface area contributed by atoms with Crippen LogP contribution in [-0.4, -0.2) is 130 Å². The number of carbonyl (C=O) groups excluding carboxylic acids is 3. The van der Waals surface area contributed by atoms with E-state index in [2.05, 4.69) is 34.5 Å². The number of nitrogens with two attached hydrogens (primary N) is 1. The van der Waals surface area contributed by atoms with Crippen molar-refractivity contribution in [3.05, 3.63) is 48.8 Å². The number of sulfonamides is 2. The second-order valence-corrected chi connectivity index (χ2v) is 24.0. The molecule has 0 radical (unpaired) electrons. The monoisotopic (exact) mass is 1000 g/mol. The maximum Gasteiger partial charge on any atom is 0.410 e. The lowest BCUT2D eigenvalue weighted by molar-refractivity contribution is -0.114. The molecule has 2 aliphatic heterocycles. The largest absolute Gasteiger partial charge is 0.447 e. The standard InChI is InChI=1S/C23H33N5O5S2.C21H31N5O4S2/c1-15(2)33-22(30)28-11-9-27(10-12-28)21-24-14-19(34-21)18-8-7-17(25-16(3)29)13-20(18)35(31,32)26-23(4,5)6;1-14(2)30-20(27)26-10-8-25(9-11-26)19-23-13-17(31-19)16-7-6-15(22)12-18(16)32(28,29)24-21(3,4)5/h7-8,13-15,26H,9-12H2,1-6H3,(H,25,29);6-7,12-14,24H,8-11,22H2,1-5H3. The van der Waals surface area contributed by atoms with E-state index in [1.54, 1.807) is 88.0 Å². The number of hydrogen-bond acceptors (Lipinski definition) is 16. The summed E-state index contributed by atoms with van der Waals surface area (Å²) in [4.78, 5) is 54.0. The molecule has 0 aliphatic carbocycles. The number of nitrogens with one attached hydrogen (secondary N) is 3. The van der Waals surface area contributed by atoms with Gasteiger partial charge in [0.1, 0.15) is 0 Å². The molecular formula is C44H64N10O9S4. The zero-order chi connectivity index (χ0) is 49.6. The SMILES string of the molecule is CC(=O)Nc1ccc(-c2cnc(N3CCN(C(=O)OC(C)C)CC3)s2)c(S(=O)(=O)NC(C)(C)C)c1.CC(C)OC(=O)N1CCN(c2ncc(-c3ccc(N)cc3S(=O)(=O)NC(C)(C)C)s2)CC1. The Balaban J connectivity index is 0.000000252. The van der Waals surface area contributed by atoms with E-state index in [4.69, 9.17) is 15.2 Å². The van der Waals surface area contributed by atoms with Crippen molar-refractivity contribution in [3.8, 4) is 20.9 Å². The van der Waals surface area contributed by atoms with Gasteiger partial charge in [0.25, 0.3) is 0 Å². The predicted octanol–water partition coefficient (Wildman–Crippen LogP) is 6.65. The van der Waals surface area contributed by atoms with E-state index in [0.29, 0.717) is 79.7 Å². The summed E-state index contributed by atoms with van der Waals surface area (Å²) < 4.78 is 68.5. The Morgan fingerprint density at radius 1 is 0.642 bits per heavy atom. The molecule has 368 valence electrons. The molecule has 0 unspecified atom stereocenters. The molecule has 0 bridgehead atoms. The normalized spacial score (nSPS) is 15.1. The first-order valence-electron chi connectivity index (χ1n) is 21.8. The van der Waals surface area contributed by atoms with Crippen LogP contribution in [0.25, 0.3) is 20.9 Å². The predicted molar refractivity (Wildman–Crippen MR) is 265 cm³/mol. The number of rotatable bonds is 11. The van der Waals surface area contributed by atoms with Crippen molar-refractivity contribution in [2.45, 2.75) is 109 Å². The lowest BCUT2D eigenvalue weighted by Gasteiger charge is -2.34. The second-order valence-electron chi connectivity index (χ2n) is 18.7. The molecule has 6 rings (SSSR count). The summed E-state index contributed by atoms with van der Waals surface area (Å²) in [5.74, 6) is -0.290. The highest BCUT2D eigenvalue weighted by Crippen LogP contribution is 2.38. The van der Waals surface area contributed by atoms with E-state index in [1.807, 2.05) is 27.7 Å². The molecular weight excluding hydrogens is 941 g/mol. The van der Waals surface area contributed by atoms with Gasteiger partial charge in [0, 0.05) is 105 Å². The van der Waals surface area contributed by atoms with E-state index in [0.717, 1.165) is 15.1 Å². The second kappa shape index (κ2) is 21.5. The molecule has 0 atom stereocenters. The fourth-order valence-corrected chi connectivity index (χ4v) is 12.4. The molecule has 2 aromatic heterocycles. The molecule has 23 heteroatoms. The van der Waals surface area contributed by atoms with Crippen LogP contribution in [0, 0.1) is 0 Å². The van der Waals surface area contributed by atoms with Crippen LogP contribution in [-0.2, 0) is 34.3 Å². The maximum atomic E-state index is 13.3. The zero-order valence-electron chi connectivity index (χ0n) is 40.0. The van der Waals surface area contributed by atoms with Crippen LogP contribution in [0.1, 0.15) is 76.2 Å². The third kappa shape index (κ3) is 15.0. The quantitative estimate of drug-likeness (QED) is 0.115. The van der Waals surface area contributed by atoms with Gasteiger partial charge in [-0.15, -0.1) is 0 Å². The van der Waals surface area contributed by atoms with Crippen molar-refractivity contribution in [1.82, 2.24) is 29.2 Å². The number of thiazole rings is 2. The highest BCUT2D eigenvalue weighted by molar-refractivity contribution is 7.90. The fourth-order valence-electron chi connectivity index (χ4n) is 6.89. The number of nitrogen functional groups attached to an aromatic ring is 1. The van der Waals surface area contributed by atoms with Crippen molar-refractivity contribution in [3.63, 3.8) is 0 Å². The van der Waals surface area contributed by atoms with E-state index >= 15 is 0 Å². The van der Waals surface area contributed by atoms with Gasteiger partial charge in [-0.1, -0.05) is 34.8 Å². The Hall–Kier alpha value is -5.07. The minimum absolute atomic E-state index is 0.0649. The Kier molecular flexibility index (Phi) is 17.0. The van der Waals surface area contributed by atoms with Gasteiger partial charge < -0.3 is 40.1 Å². The van der Waals surface area contributed by atoms with E-state index in [1.165, 1.54) is 41.7 Å². The highest BCUT2D eigenvalue weighted by Gasteiger charge is 2.30. The van der Waals surface area contributed by atoms with Crippen LogP contribution in [0.3, 0.4) is 0 Å². The summed E-state index contributed by atoms with van der Waals surface area (Å²) >= 11 is 2.80. The van der Waals surface area contributed by atoms with Gasteiger partial charge in [-0.2, -0.15) is 0 Å². The number of nitrogens with zero attached hydrogens (tertiary/aromatic N) is 6. The summed E-state index contributed by atoms with van der Waals surface area (Å²) in [7, 11) is -7.68. The number of carbonyl (C=O) groups is 3. The molecule has 3 amide bonds. The van der Waals surface area contributed by atoms with Crippen LogP contribution < -0.4 is 30.3 Å². The third-order valence-corrected chi connectivity index (χ3v) is 15.4.